The smallest absolute Gasteiger partial charge is 0.407 e. The summed E-state index contributed by atoms with van der Waals surface area (Å²) in [6, 6.07) is 15.6. The summed E-state index contributed by atoms with van der Waals surface area (Å²) in [5.41, 5.74) is 4.39. The molecular formula is C34H41FN6O2. The van der Waals surface area contributed by atoms with Crippen molar-refractivity contribution in [2.45, 2.75) is 56.5 Å². The van der Waals surface area contributed by atoms with Crippen LogP contribution in [0.4, 0.5) is 14.9 Å². The van der Waals surface area contributed by atoms with Gasteiger partial charge in [-0.15, -0.1) is 0 Å². The Bertz CT molecular complexity index is 1420. The molecule has 3 fully saturated rings. The number of rotatable bonds is 7. The highest BCUT2D eigenvalue weighted by atomic mass is 19.1. The molecule has 4 aliphatic rings. The van der Waals surface area contributed by atoms with Gasteiger partial charge in [0.1, 0.15) is 5.82 Å². The SMILES string of the molecule is COC(=O)N[C@H]1CCC[C@@H]1C(C#N)(c1cccc(F)c1)C1CCN(CC2CN(c3ccc(C#N)c4c3CNCC4)C2)CC1. The van der Waals surface area contributed by atoms with E-state index in [-0.39, 0.29) is 23.7 Å². The number of nitrogens with zero attached hydrogens (tertiary/aromatic N) is 4. The lowest BCUT2D eigenvalue weighted by molar-refractivity contribution is 0.0938. The molecule has 1 aliphatic carbocycles. The van der Waals surface area contributed by atoms with Crippen molar-refractivity contribution in [1.29, 1.82) is 10.5 Å². The quantitative estimate of drug-likeness (QED) is 0.495. The van der Waals surface area contributed by atoms with Gasteiger partial charge in [0.05, 0.1) is 30.2 Å². The molecule has 2 N–H and O–H groups in total. The van der Waals surface area contributed by atoms with Gasteiger partial charge < -0.3 is 25.2 Å². The van der Waals surface area contributed by atoms with Gasteiger partial charge in [0.15, 0.2) is 0 Å². The number of piperidine rings is 1. The number of fused-ring (bicyclic) bond motifs is 1. The van der Waals surface area contributed by atoms with Gasteiger partial charge in [0, 0.05) is 49.7 Å². The fraction of sp³-hybridized carbons (Fsp3) is 0.559. The van der Waals surface area contributed by atoms with Crippen LogP contribution < -0.4 is 15.5 Å². The van der Waals surface area contributed by atoms with Crippen molar-refractivity contribution in [3.8, 4) is 12.1 Å². The van der Waals surface area contributed by atoms with Gasteiger partial charge in [-0.2, -0.15) is 10.5 Å². The van der Waals surface area contributed by atoms with Crippen molar-refractivity contribution in [3.05, 3.63) is 64.5 Å². The van der Waals surface area contributed by atoms with E-state index in [1.165, 1.54) is 36.1 Å². The monoisotopic (exact) mass is 584 g/mol. The number of nitrogens with one attached hydrogen (secondary N) is 2. The molecule has 3 heterocycles. The molecule has 43 heavy (non-hydrogen) atoms. The molecule has 2 aromatic carbocycles. The molecule has 3 atom stereocenters. The third kappa shape index (κ3) is 5.57. The number of alkyl carbamates (subject to hydrolysis) is 1. The number of hydrogen-bond acceptors (Lipinski definition) is 7. The van der Waals surface area contributed by atoms with Crippen molar-refractivity contribution in [3.63, 3.8) is 0 Å². The highest BCUT2D eigenvalue weighted by molar-refractivity contribution is 5.67. The van der Waals surface area contributed by atoms with Crippen LogP contribution in [-0.2, 0) is 23.1 Å². The third-order valence-corrected chi connectivity index (χ3v) is 10.5. The minimum Gasteiger partial charge on any atom is -0.453 e. The average molecular weight is 585 g/mol. The van der Waals surface area contributed by atoms with Crippen molar-refractivity contribution in [2.24, 2.45) is 17.8 Å². The number of halogens is 1. The van der Waals surface area contributed by atoms with E-state index >= 15 is 0 Å². The maximum absolute atomic E-state index is 14.6. The first kappa shape index (κ1) is 29.4. The second-order valence-corrected chi connectivity index (χ2v) is 12.7. The average Bonchev–Trinajstić information content (AvgIpc) is 3.48. The summed E-state index contributed by atoms with van der Waals surface area (Å²) in [5, 5.41) is 26.9. The Morgan fingerprint density at radius 2 is 1.95 bits per heavy atom. The Morgan fingerprint density at radius 1 is 1.14 bits per heavy atom. The van der Waals surface area contributed by atoms with Gasteiger partial charge in [-0.3, -0.25) is 0 Å². The highest BCUT2D eigenvalue weighted by Gasteiger charge is 2.52. The molecule has 1 amide bonds. The van der Waals surface area contributed by atoms with Gasteiger partial charge in [-0.05, 0) is 98.6 Å². The zero-order valence-corrected chi connectivity index (χ0v) is 24.9. The van der Waals surface area contributed by atoms with Crippen LogP contribution in [0.5, 0.6) is 0 Å². The van der Waals surface area contributed by atoms with E-state index in [0.717, 1.165) is 95.5 Å². The minimum atomic E-state index is -0.883. The molecule has 0 spiro atoms. The minimum absolute atomic E-state index is 0.0659. The van der Waals surface area contributed by atoms with E-state index in [1.54, 1.807) is 6.07 Å². The lowest BCUT2D eigenvalue weighted by atomic mass is 9.59. The van der Waals surface area contributed by atoms with Crippen LogP contribution in [0.1, 0.15) is 54.4 Å². The molecule has 226 valence electrons. The summed E-state index contributed by atoms with van der Waals surface area (Å²) in [6.07, 6.45) is 4.64. The van der Waals surface area contributed by atoms with E-state index in [2.05, 4.69) is 38.6 Å². The second-order valence-electron chi connectivity index (χ2n) is 12.7. The first-order chi connectivity index (χ1) is 21.0. The number of methoxy groups -OCH3 is 1. The first-order valence-electron chi connectivity index (χ1n) is 15.7. The van der Waals surface area contributed by atoms with Gasteiger partial charge in [-0.25, -0.2) is 9.18 Å². The molecule has 3 aliphatic heterocycles. The molecule has 1 saturated carbocycles. The summed E-state index contributed by atoms with van der Waals surface area (Å²) < 4.78 is 19.5. The van der Waals surface area contributed by atoms with Crippen molar-refractivity contribution in [2.75, 3.05) is 51.3 Å². The van der Waals surface area contributed by atoms with Crippen molar-refractivity contribution in [1.82, 2.24) is 15.5 Å². The number of benzene rings is 2. The molecule has 0 aromatic heterocycles. The van der Waals surface area contributed by atoms with E-state index in [1.807, 2.05) is 12.1 Å². The Kier molecular flexibility index (Phi) is 8.56. The second kappa shape index (κ2) is 12.5. The molecule has 8 nitrogen and oxygen atoms in total. The van der Waals surface area contributed by atoms with Crippen LogP contribution in [0.15, 0.2) is 36.4 Å². The maximum Gasteiger partial charge on any atom is 0.407 e. The van der Waals surface area contributed by atoms with Crippen molar-refractivity contribution >= 4 is 11.8 Å². The van der Waals surface area contributed by atoms with E-state index < -0.39 is 11.5 Å². The topological polar surface area (TPSA) is 104 Å². The van der Waals surface area contributed by atoms with Crippen LogP contribution in [0.3, 0.4) is 0 Å². The summed E-state index contributed by atoms with van der Waals surface area (Å²) in [7, 11) is 1.36. The number of carbonyl (C=O) groups excluding carboxylic acids is 1. The summed E-state index contributed by atoms with van der Waals surface area (Å²) in [4.78, 5) is 17.2. The van der Waals surface area contributed by atoms with Gasteiger partial charge in [0.25, 0.3) is 0 Å². The lowest BCUT2D eigenvalue weighted by Gasteiger charge is -2.48. The highest BCUT2D eigenvalue weighted by Crippen LogP contribution is 2.50. The summed E-state index contributed by atoms with van der Waals surface area (Å²) >= 11 is 0. The standard InChI is InChI=1S/C34H41FN6O2/c1-43-33(42)39-31-7-3-6-30(31)34(22-37,26-4-2-5-27(35)16-26)25-11-14-40(15-12-25)19-23-20-41(21-23)32-9-8-24(17-36)28-10-13-38-18-29(28)32/h2,4-5,8-9,16,23,25,30-31,38H,3,6-7,10-15,18-21H2,1H3,(H,39,42)/t30-,31-,34?/m0/s1. The van der Waals surface area contributed by atoms with Crippen LogP contribution in [0.25, 0.3) is 0 Å². The molecule has 0 radical (unpaired) electrons. The summed E-state index contributed by atoms with van der Waals surface area (Å²) in [6.45, 7) is 6.57. The molecular weight excluding hydrogens is 543 g/mol. The predicted molar refractivity (Wildman–Crippen MR) is 162 cm³/mol. The summed E-state index contributed by atoms with van der Waals surface area (Å²) in [5.74, 6) is 0.199. The van der Waals surface area contributed by atoms with Crippen LogP contribution >= 0.6 is 0 Å². The Labute approximate surface area is 253 Å². The molecule has 2 saturated heterocycles. The Balaban J connectivity index is 1.13. The van der Waals surface area contributed by atoms with Crippen LogP contribution in [0.2, 0.25) is 0 Å². The zero-order valence-electron chi connectivity index (χ0n) is 24.9. The van der Waals surface area contributed by atoms with Gasteiger partial charge in [0.2, 0.25) is 0 Å². The number of anilines is 1. The van der Waals surface area contributed by atoms with Crippen molar-refractivity contribution < 1.29 is 13.9 Å². The predicted octanol–water partition coefficient (Wildman–Crippen LogP) is 4.48. The molecule has 6 rings (SSSR count). The fourth-order valence-electron chi connectivity index (χ4n) is 8.43. The number of hydrogen-bond donors (Lipinski definition) is 2. The maximum atomic E-state index is 14.6. The molecule has 2 aromatic rings. The molecule has 0 bridgehead atoms. The number of amides is 1. The van der Waals surface area contributed by atoms with E-state index in [0.29, 0.717) is 5.92 Å². The molecule has 1 unspecified atom stereocenters. The lowest BCUT2D eigenvalue weighted by Crippen LogP contribution is -2.55. The number of nitriles is 2. The van der Waals surface area contributed by atoms with Crippen LogP contribution in [0, 0.1) is 46.2 Å². The molecule has 9 heteroatoms. The van der Waals surface area contributed by atoms with E-state index in [9.17, 15) is 19.7 Å². The Morgan fingerprint density at radius 3 is 2.67 bits per heavy atom. The number of likely N-dealkylation sites (tertiary alicyclic amines) is 1. The zero-order chi connectivity index (χ0) is 30.0. The normalized spacial score (nSPS) is 24.2. The van der Waals surface area contributed by atoms with Crippen LogP contribution in [-0.4, -0.2) is 63.4 Å². The van der Waals surface area contributed by atoms with Gasteiger partial charge in [-0.1, -0.05) is 18.6 Å². The van der Waals surface area contributed by atoms with E-state index in [4.69, 9.17) is 4.74 Å². The van der Waals surface area contributed by atoms with Gasteiger partial charge >= 0.3 is 6.09 Å². The largest absolute Gasteiger partial charge is 0.453 e. The number of carbonyl (C=O) groups is 1. The first-order valence-corrected chi connectivity index (χ1v) is 15.7. The fourth-order valence-corrected chi connectivity index (χ4v) is 8.43. The Hall–Kier alpha value is -3.66. The third-order valence-electron chi connectivity index (χ3n) is 10.5. The number of ether oxygens (including phenoxy) is 1.